The number of hydrogen-bond acceptors (Lipinski definition) is 5. The fourth-order valence-corrected chi connectivity index (χ4v) is 4.36. The maximum atomic E-state index is 13.5. The number of hydrogen-bond donors (Lipinski definition) is 1. The minimum absolute atomic E-state index is 0.0785. The lowest BCUT2D eigenvalue weighted by Crippen LogP contribution is -2.47. The number of ether oxygens (including phenoxy) is 1. The highest BCUT2D eigenvalue weighted by molar-refractivity contribution is 5.94. The first-order valence-electron chi connectivity index (χ1n) is 11.3. The van der Waals surface area contributed by atoms with Crippen molar-refractivity contribution in [3.63, 3.8) is 0 Å². The first-order chi connectivity index (χ1) is 16.1. The van der Waals surface area contributed by atoms with Crippen molar-refractivity contribution in [1.29, 1.82) is 0 Å². The molecule has 1 aromatic carbocycles. The summed E-state index contributed by atoms with van der Waals surface area (Å²) in [6.07, 6.45) is 9.48. The zero-order valence-electron chi connectivity index (χ0n) is 19.0. The lowest BCUT2D eigenvalue weighted by Gasteiger charge is -2.41. The lowest BCUT2D eigenvalue weighted by molar-refractivity contribution is -0.142. The number of anilines is 1. The highest BCUT2D eigenvalue weighted by Gasteiger charge is 2.41. The van der Waals surface area contributed by atoms with Crippen molar-refractivity contribution in [2.24, 2.45) is 5.92 Å². The summed E-state index contributed by atoms with van der Waals surface area (Å²) in [5.41, 5.74) is 1.47. The van der Waals surface area contributed by atoms with Crippen molar-refractivity contribution in [3.8, 4) is 11.6 Å². The molecule has 4 rings (SSSR count). The van der Waals surface area contributed by atoms with Crippen LogP contribution >= 0.6 is 0 Å². The van der Waals surface area contributed by atoms with Gasteiger partial charge in [-0.3, -0.25) is 14.2 Å². The number of piperidine rings is 1. The Kier molecular flexibility index (Phi) is 7.02. The smallest absolute Gasteiger partial charge is 0.229 e. The summed E-state index contributed by atoms with van der Waals surface area (Å²) in [4.78, 5) is 36.7. The van der Waals surface area contributed by atoms with Gasteiger partial charge >= 0.3 is 0 Å². The van der Waals surface area contributed by atoms with Gasteiger partial charge < -0.3 is 15.0 Å². The molecule has 1 aliphatic rings. The van der Waals surface area contributed by atoms with Crippen LogP contribution in [0.1, 0.15) is 44.2 Å². The summed E-state index contributed by atoms with van der Waals surface area (Å²) >= 11 is 0. The van der Waals surface area contributed by atoms with E-state index >= 15 is 0 Å². The summed E-state index contributed by atoms with van der Waals surface area (Å²) in [7, 11) is 1.61. The molecule has 1 N–H and O–H groups in total. The van der Waals surface area contributed by atoms with Crippen LogP contribution in [0, 0.1) is 5.92 Å². The molecule has 0 spiro atoms. The van der Waals surface area contributed by atoms with Crippen LogP contribution in [0.2, 0.25) is 0 Å². The zero-order valence-corrected chi connectivity index (χ0v) is 19.0. The van der Waals surface area contributed by atoms with Gasteiger partial charge in [0.15, 0.2) is 0 Å². The van der Waals surface area contributed by atoms with Crippen LogP contribution in [-0.4, -0.2) is 44.9 Å². The third kappa shape index (κ3) is 4.89. The van der Waals surface area contributed by atoms with Crippen molar-refractivity contribution in [3.05, 3.63) is 66.9 Å². The zero-order chi connectivity index (χ0) is 23.2. The van der Waals surface area contributed by atoms with Gasteiger partial charge in [0.1, 0.15) is 17.9 Å². The summed E-state index contributed by atoms with van der Waals surface area (Å²) in [6.45, 7) is 2.71. The molecule has 2 unspecified atom stereocenters. The summed E-state index contributed by atoms with van der Waals surface area (Å²) in [5.74, 6) is 0.949. The Morgan fingerprint density at radius 2 is 2.09 bits per heavy atom. The second-order valence-electron chi connectivity index (χ2n) is 8.14. The van der Waals surface area contributed by atoms with Gasteiger partial charge in [-0.25, -0.2) is 9.97 Å². The first kappa shape index (κ1) is 22.5. The molecule has 172 valence electrons. The Bertz CT molecular complexity index is 1080. The fourth-order valence-electron chi connectivity index (χ4n) is 4.36. The van der Waals surface area contributed by atoms with Crippen LogP contribution in [0.25, 0.3) is 5.82 Å². The SMILES string of the molecule is CCCCN1C(=O)CCC(C(=O)Nc2ccc(-n3ccnc3)nc2)C1c1ccccc1OC. The van der Waals surface area contributed by atoms with Gasteiger partial charge in [0.2, 0.25) is 11.8 Å². The van der Waals surface area contributed by atoms with Gasteiger partial charge in [-0.1, -0.05) is 31.5 Å². The molecule has 3 aromatic rings. The molecule has 0 saturated carbocycles. The Hall–Kier alpha value is -3.68. The van der Waals surface area contributed by atoms with E-state index in [1.54, 1.807) is 30.4 Å². The van der Waals surface area contributed by atoms with Gasteiger partial charge in [0.05, 0.1) is 31.0 Å². The normalized spacial score (nSPS) is 18.2. The van der Waals surface area contributed by atoms with Crippen LogP contribution in [-0.2, 0) is 9.59 Å². The van der Waals surface area contributed by atoms with E-state index in [0.717, 1.165) is 18.4 Å². The molecule has 1 fully saturated rings. The molecular formula is C25H29N5O3. The van der Waals surface area contributed by atoms with Crippen LogP contribution in [0.15, 0.2) is 61.3 Å². The van der Waals surface area contributed by atoms with Gasteiger partial charge in [-0.15, -0.1) is 0 Å². The van der Waals surface area contributed by atoms with Crippen LogP contribution in [0.5, 0.6) is 5.75 Å². The summed E-state index contributed by atoms with van der Waals surface area (Å²) < 4.78 is 7.39. The molecule has 3 heterocycles. The summed E-state index contributed by atoms with van der Waals surface area (Å²) in [5, 5.41) is 3.01. The Labute approximate surface area is 193 Å². The number of nitrogens with zero attached hydrogens (tertiary/aromatic N) is 4. The number of pyridine rings is 1. The molecule has 0 radical (unpaired) electrons. The fraction of sp³-hybridized carbons (Fsp3) is 0.360. The summed E-state index contributed by atoms with van der Waals surface area (Å²) in [6, 6.07) is 10.9. The van der Waals surface area contributed by atoms with Crippen LogP contribution < -0.4 is 10.1 Å². The lowest BCUT2D eigenvalue weighted by atomic mass is 9.83. The molecule has 8 nitrogen and oxygen atoms in total. The van der Waals surface area contributed by atoms with Gasteiger partial charge in [0.25, 0.3) is 0 Å². The Morgan fingerprint density at radius 3 is 2.79 bits per heavy atom. The topological polar surface area (TPSA) is 89.4 Å². The third-order valence-corrected chi connectivity index (χ3v) is 6.04. The molecule has 0 aliphatic carbocycles. The predicted octanol–water partition coefficient (Wildman–Crippen LogP) is 3.99. The second kappa shape index (κ2) is 10.3. The van der Waals surface area contributed by atoms with E-state index in [1.165, 1.54) is 0 Å². The number of amides is 2. The molecule has 0 bridgehead atoms. The molecule has 1 aliphatic heterocycles. The molecule has 33 heavy (non-hydrogen) atoms. The molecule has 1 saturated heterocycles. The van der Waals surface area contributed by atoms with E-state index in [-0.39, 0.29) is 17.9 Å². The second-order valence-corrected chi connectivity index (χ2v) is 8.14. The number of methoxy groups -OCH3 is 1. The number of carbonyl (C=O) groups excluding carboxylic acids is 2. The number of benzene rings is 1. The Morgan fingerprint density at radius 1 is 1.24 bits per heavy atom. The predicted molar refractivity (Wildman–Crippen MR) is 125 cm³/mol. The van der Waals surface area contributed by atoms with E-state index < -0.39 is 5.92 Å². The van der Waals surface area contributed by atoms with E-state index in [0.29, 0.717) is 36.6 Å². The molecule has 2 amide bonds. The third-order valence-electron chi connectivity index (χ3n) is 6.04. The number of carbonyl (C=O) groups is 2. The van der Waals surface area contributed by atoms with Gasteiger partial charge in [-0.2, -0.15) is 0 Å². The molecule has 8 heteroatoms. The van der Waals surface area contributed by atoms with Gasteiger partial charge in [0, 0.05) is 30.9 Å². The average molecular weight is 448 g/mol. The number of para-hydroxylation sites is 1. The largest absolute Gasteiger partial charge is 0.496 e. The highest BCUT2D eigenvalue weighted by atomic mass is 16.5. The highest BCUT2D eigenvalue weighted by Crippen LogP contribution is 2.41. The number of rotatable bonds is 8. The van der Waals surface area contributed by atoms with Crippen molar-refractivity contribution in [1.82, 2.24) is 19.4 Å². The number of imidazole rings is 1. The standard InChI is InChI=1S/C25H29N5O3/c1-3-4-14-30-23(31)12-10-20(24(30)19-7-5-6-8-21(19)33-2)25(32)28-18-9-11-22(27-16-18)29-15-13-26-17-29/h5-9,11,13,15-17,20,24H,3-4,10,12,14H2,1-2H3,(H,28,32). The van der Waals surface area contributed by atoms with Crippen molar-refractivity contribution >= 4 is 17.5 Å². The first-order valence-corrected chi connectivity index (χ1v) is 11.3. The van der Waals surface area contributed by atoms with E-state index in [2.05, 4.69) is 22.2 Å². The van der Waals surface area contributed by atoms with Crippen LogP contribution in [0.3, 0.4) is 0 Å². The number of likely N-dealkylation sites (tertiary alicyclic amines) is 1. The molecule has 2 atom stereocenters. The van der Waals surface area contributed by atoms with Crippen molar-refractivity contribution in [2.75, 3.05) is 19.0 Å². The quantitative estimate of drug-likeness (QED) is 0.564. The van der Waals surface area contributed by atoms with Crippen molar-refractivity contribution < 1.29 is 14.3 Å². The molecular weight excluding hydrogens is 418 g/mol. The maximum Gasteiger partial charge on any atom is 0.229 e. The number of nitrogens with one attached hydrogen (secondary N) is 1. The number of aromatic nitrogens is 3. The minimum atomic E-state index is -0.399. The minimum Gasteiger partial charge on any atom is -0.496 e. The van der Waals surface area contributed by atoms with Gasteiger partial charge in [-0.05, 0) is 31.0 Å². The van der Waals surface area contributed by atoms with E-state index in [1.807, 2.05) is 47.5 Å². The van der Waals surface area contributed by atoms with Crippen molar-refractivity contribution in [2.45, 2.75) is 38.6 Å². The monoisotopic (exact) mass is 447 g/mol. The van der Waals surface area contributed by atoms with E-state index in [9.17, 15) is 9.59 Å². The maximum absolute atomic E-state index is 13.5. The van der Waals surface area contributed by atoms with E-state index in [4.69, 9.17) is 4.74 Å². The average Bonchev–Trinajstić information content (AvgIpc) is 3.38. The number of unbranched alkanes of at least 4 members (excludes halogenated alkanes) is 1. The Balaban J connectivity index is 1.60. The molecule has 2 aromatic heterocycles. The van der Waals surface area contributed by atoms with Crippen LogP contribution in [0.4, 0.5) is 5.69 Å².